The van der Waals surface area contributed by atoms with Gasteiger partial charge in [0.05, 0.1) is 12.2 Å². The molecule has 0 spiro atoms. The highest BCUT2D eigenvalue weighted by Crippen LogP contribution is 2.31. The fourth-order valence-corrected chi connectivity index (χ4v) is 2.36. The first-order valence-corrected chi connectivity index (χ1v) is 7.44. The number of carbonyl (C=O) groups excluding carboxylic acids is 2. The van der Waals surface area contributed by atoms with E-state index in [2.05, 4.69) is 4.99 Å². The molecule has 110 valence electrons. The van der Waals surface area contributed by atoms with Gasteiger partial charge in [-0.15, -0.1) is 0 Å². The Kier molecular flexibility index (Phi) is 4.64. The number of carbonyl (C=O) groups is 2. The molecule has 1 heterocycles. The summed E-state index contributed by atoms with van der Waals surface area (Å²) in [5.41, 5.74) is 12.0. The van der Waals surface area contributed by atoms with Crippen LogP contribution in [0.4, 0.5) is 0 Å². The first-order valence-electron chi connectivity index (χ1n) is 6.21. The van der Waals surface area contributed by atoms with Crippen LogP contribution in [-0.4, -0.2) is 29.8 Å². The number of nitrogens with zero attached hydrogens (tertiary/aromatic N) is 1. The molecule has 0 bridgehead atoms. The highest BCUT2D eigenvalue weighted by atomic mass is 32.2. The second-order valence-electron chi connectivity index (χ2n) is 4.33. The molecule has 2 rings (SSSR count). The summed E-state index contributed by atoms with van der Waals surface area (Å²) in [5, 5.41) is -0.0840. The quantitative estimate of drug-likeness (QED) is 0.627. The molecule has 0 aromatic heterocycles. The highest BCUT2D eigenvalue weighted by molar-refractivity contribution is 8.13. The van der Waals surface area contributed by atoms with E-state index in [0.717, 1.165) is 11.8 Å². The molecule has 1 aromatic rings. The van der Waals surface area contributed by atoms with E-state index in [1.807, 2.05) is 0 Å². The lowest BCUT2D eigenvalue weighted by atomic mass is 10.1. The number of hydrogen-bond donors (Lipinski definition) is 2. The first-order chi connectivity index (χ1) is 10.0. The molecule has 1 amide bonds. The summed E-state index contributed by atoms with van der Waals surface area (Å²) in [5.74, 6) is -0.282. The topological polar surface area (TPSA) is 108 Å². The number of amides is 1. The molecule has 0 fully saturated rings. The lowest BCUT2D eigenvalue weighted by Crippen LogP contribution is -2.24. The molecule has 6 nitrogen and oxygen atoms in total. The Morgan fingerprint density at radius 2 is 2.10 bits per heavy atom. The lowest BCUT2D eigenvalue weighted by molar-refractivity contribution is -0.114. The Bertz CT molecular complexity index is 649. The number of aliphatic imine (C=N–C) groups is 1. The van der Waals surface area contributed by atoms with E-state index in [1.165, 1.54) is 0 Å². The number of fused-ring (bicyclic) bond motifs is 1. The number of guanidine groups is 1. The summed E-state index contributed by atoms with van der Waals surface area (Å²) < 4.78 is 5.64. The number of benzene rings is 1. The van der Waals surface area contributed by atoms with Crippen LogP contribution in [0.5, 0.6) is 5.75 Å². The van der Waals surface area contributed by atoms with Crippen molar-refractivity contribution in [3.63, 3.8) is 0 Å². The van der Waals surface area contributed by atoms with Gasteiger partial charge >= 0.3 is 0 Å². The van der Waals surface area contributed by atoms with Gasteiger partial charge in [0.25, 0.3) is 5.91 Å². The van der Waals surface area contributed by atoms with Gasteiger partial charge in [-0.05, 0) is 18.4 Å². The van der Waals surface area contributed by atoms with Crippen molar-refractivity contribution in [3.05, 3.63) is 34.9 Å². The Morgan fingerprint density at radius 1 is 1.33 bits per heavy atom. The summed E-state index contributed by atoms with van der Waals surface area (Å²) >= 11 is 1.11. The Morgan fingerprint density at radius 3 is 2.76 bits per heavy atom. The second-order valence-corrected chi connectivity index (χ2v) is 5.10. The number of nitrogens with two attached hydrogens (primary N) is 2. The molecule has 1 aromatic carbocycles. The lowest BCUT2D eigenvalue weighted by Gasteiger charge is -2.10. The van der Waals surface area contributed by atoms with Gasteiger partial charge in [0, 0.05) is 17.6 Å². The highest BCUT2D eigenvalue weighted by Gasteiger charge is 2.20. The smallest absolute Gasteiger partial charge is 0.276 e. The molecule has 0 saturated heterocycles. The predicted molar refractivity (Wildman–Crippen MR) is 83.2 cm³/mol. The van der Waals surface area contributed by atoms with Crippen LogP contribution in [0.3, 0.4) is 0 Å². The minimum Gasteiger partial charge on any atom is -0.492 e. The molecule has 0 aliphatic carbocycles. The molecule has 21 heavy (non-hydrogen) atoms. The van der Waals surface area contributed by atoms with Crippen LogP contribution in [0.25, 0.3) is 6.08 Å². The number of ether oxygens (including phenoxy) is 1. The van der Waals surface area contributed by atoms with Crippen molar-refractivity contribution in [1.82, 2.24) is 0 Å². The summed E-state index contributed by atoms with van der Waals surface area (Å²) in [6.07, 6.45) is 3.74. The SMILES string of the molecule is CSC(=O)c1cccc2c1OCCC(C(=O)N=C(N)N)=C2. The van der Waals surface area contributed by atoms with Crippen molar-refractivity contribution in [2.24, 2.45) is 16.5 Å². The van der Waals surface area contributed by atoms with Gasteiger partial charge < -0.3 is 16.2 Å². The van der Waals surface area contributed by atoms with Gasteiger partial charge in [-0.3, -0.25) is 9.59 Å². The third-order valence-corrected chi connectivity index (χ3v) is 3.49. The van der Waals surface area contributed by atoms with Gasteiger partial charge in [-0.1, -0.05) is 23.9 Å². The van der Waals surface area contributed by atoms with Crippen molar-refractivity contribution in [3.8, 4) is 5.75 Å². The average Bonchev–Trinajstić information content (AvgIpc) is 2.67. The van der Waals surface area contributed by atoms with Gasteiger partial charge in [0.15, 0.2) is 5.96 Å². The third kappa shape index (κ3) is 3.43. The average molecular weight is 305 g/mol. The molecule has 0 saturated carbocycles. The van der Waals surface area contributed by atoms with E-state index in [0.29, 0.717) is 28.9 Å². The minimum atomic E-state index is -0.493. The molecular weight excluding hydrogens is 290 g/mol. The fraction of sp³-hybridized carbons (Fsp3) is 0.214. The molecule has 7 heteroatoms. The maximum Gasteiger partial charge on any atom is 0.276 e. The van der Waals surface area contributed by atoms with Crippen LogP contribution in [-0.2, 0) is 4.79 Å². The van der Waals surface area contributed by atoms with Crippen molar-refractivity contribution >= 4 is 34.8 Å². The molecule has 4 N–H and O–H groups in total. The second kappa shape index (κ2) is 6.45. The number of thioether (sulfide) groups is 1. The Labute approximate surface area is 126 Å². The molecule has 1 aliphatic heterocycles. The minimum absolute atomic E-state index is 0.0840. The van der Waals surface area contributed by atoms with Crippen molar-refractivity contribution in [1.29, 1.82) is 0 Å². The summed E-state index contributed by atoms with van der Waals surface area (Å²) in [6, 6.07) is 5.23. The molecule has 0 atom stereocenters. The monoisotopic (exact) mass is 305 g/mol. The number of para-hydroxylation sites is 1. The van der Waals surface area contributed by atoms with Crippen LogP contribution in [0.1, 0.15) is 22.3 Å². The van der Waals surface area contributed by atoms with E-state index >= 15 is 0 Å². The van der Waals surface area contributed by atoms with E-state index in [-0.39, 0.29) is 17.7 Å². The van der Waals surface area contributed by atoms with E-state index in [9.17, 15) is 9.59 Å². The largest absolute Gasteiger partial charge is 0.492 e. The standard InChI is InChI=1S/C14H15N3O3S/c1-21-13(19)10-4-2-3-8-7-9(5-6-20-11(8)10)12(18)17-14(15)16/h2-4,7H,5-6H2,1H3,(H4,15,16,17,18). The van der Waals surface area contributed by atoms with Gasteiger partial charge in [-0.25, -0.2) is 0 Å². The Hall–Kier alpha value is -2.28. The maximum atomic E-state index is 11.9. The molecular formula is C14H15N3O3S. The van der Waals surface area contributed by atoms with Crippen LogP contribution in [0.2, 0.25) is 0 Å². The summed E-state index contributed by atoms with van der Waals surface area (Å²) in [7, 11) is 0. The normalized spacial score (nSPS) is 13.3. The number of hydrogen-bond acceptors (Lipinski definition) is 4. The summed E-state index contributed by atoms with van der Waals surface area (Å²) in [4.78, 5) is 27.3. The van der Waals surface area contributed by atoms with Crippen molar-refractivity contribution in [2.75, 3.05) is 12.9 Å². The van der Waals surface area contributed by atoms with Crippen LogP contribution in [0, 0.1) is 0 Å². The summed E-state index contributed by atoms with van der Waals surface area (Å²) in [6.45, 7) is 0.281. The van der Waals surface area contributed by atoms with E-state index in [1.54, 1.807) is 30.5 Å². The molecule has 1 aliphatic rings. The van der Waals surface area contributed by atoms with Crippen LogP contribution in [0.15, 0.2) is 28.8 Å². The van der Waals surface area contributed by atoms with Crippen molar-refractivity contribution in [2.45, 2.75) is 6.42 Å². The predicted octanol–water partition coefficient (Wildman–Crippen LogP) is 1.16. The van der Waals surface area contributed by atoms with Crippen molar-refractivity contribution < 1.29 is 14.3 Å². The Balaban J connectivity index is 2.45. The zero-order valence-corrected chi connectivity index (χ0v) is 12.3. The van der Waals surface area contributed by atoms with Crippen LogP contribution >= 0.6 is 11.8 Å². The van der Waals surface area contributed by atoms with E-state index in [4.69, 9.17) is 16.2 Å². The van der Waals surface area contributed by atoms with Gasteiger partial charge in [0.2, 0.25) is 5.12 Å². The van der Waals surface area contributed by atoms with Gasteiger partial charge in [0.1, 0.15) is 5.75 Å². The maximum absolute atomic E-state index is 11.9. The third-order valence-electron chi connectivity index (χ3n) is 2.90. The van der Waals surface area contributed by atoms with Crippen LogP contribution < -0.4 is 16.2 Å². The first kappa shape index (κ1) is 15.1. The number of rotatable bonds is 2. The van der Waals surface area contributed by atoms with Gasteiger partial charge in [-0.2, -0.15) is 4.99 Å². The zero-order chi connectivity index (χ0) is 15.4. The fourth-order valence-electron chi connectivity index (χ4n) is 1.98. The van der Waals surface area contributed by atoms with E-state index < -0.39 is 5.91 Å². The zero-order valence-electron chi connectivity index (χ0n) is 11.5. The molecule has 0 radical (unpaired) electrons. The molecule has 0 unspecified atom stereocenters.